The van der Waals surface area contributed by atoms with E-state index in [1.165, 1.54) is 0 Å². The van der Waals surface area contributed by atoms with Crippen LogP contribution in [0.4, 0.5) is 4.79 Å². The molecule has 1 fully saturated rings. The predicted molar refractivity (Wildman–Crippen MR) is 73.2 cm³/mol. The highest BCUT2D eigenvalue weighted by Gasteiger charge is 2.33. The van der Waals surface area contributed by atoms with Crippen LogP contribution in [-0.4, -0.2) is 34.6 Å². The second kappa shape index (κ2) is 6.06. The third kappa shape index (κ3) is 3.96. The summed E-state index contributed by atoms with van der Waals surface area (Å²) in [6.07, 6.45) is 1.94. The van der Waals surface area contributed by atoms with Crippen molar-refractivity contribution in [2.75, 3.05) is 6.54 Å². The van der Waals surface area contributed by atoms with Crippen molar-refractivity contribution in [1.29, 1.82) is 0 Å². The van der Waals surface area contributed by atoms with E-state index in [9.17, 15) is 9.59 Å². The Kier molecular flexibility index (Phi) is 4.42. The van der Waals surface area contributed by atoms with Gasteiger partial charge in [0.25, 0.3) is 0 Å². The van der Waals surface area contributed by atoms with Gasteiger partial charge in [0.15, 0.2) is 0 Å². The number of rotatable bonds is 6. The lowest BCUT2D eigenvalue weighted by Crippen LogP contribution is -2.43. The molecule has 1 atom stereocenters. The number of nitrogens with one attached hydrogen (secondary N) is 1. The Balaban J connectivity index is 1.90. The van der Waals surface area contributed by atoms with Gasteiger partial charge < -0.3 is 15.3 Å². The molecule has 2 amide bonds. The topological polar surface area (TPSA) is 69.6 Å². The maximum Gasteiger partial charge on any atom is 0.318 e. The molecule has 0 saturated heterocycles. The number of urea groups is 1. The molecule has 5 nitrogen and oxygen atoms in total. The van der Waals surface area contributed by atoms with Crippen LogP contribution < -0.4 is 5.32 Å². The van der Waals surface area contributed by atoms with Crippen LogP contribution in [0.2, 0.25) is 0 Å². The van der Waals surface area contributed by atoms with Crippen molar-refractivity contribution in [3.05, 3.63) is 22.4 Å². The van der Waals surface area contributed by atoms with Crippen LogP contribution in [0.25, 0.3) is 0 Å². The summed E-state index contributed by atoms with van der Waals surface area (Å²) < 4.78 is 0. The molecule has 6 heteroatoms. The number of thiophene rings is 1. The first-order valence-corrected chi connectivity index (χ1v) is 7.33. The van der Waals surface area contributed by atoms with Crippen molar-refractivity contribution in [3.8, 4) is 0 Å². The van der Waals surface area contributed by atoms with Crippen molar-refractivity contribution >= 4 is 23.3 Å². The molecule has 104 valence electrons. The van der Waals surface area contributed by atoms with Gasteiger partial charge in [-0.05, 0) is 42.2 Å². The summed E-state index contributed by atoms with van der Waals surface area (Å²) in [7, 11) is 0. The number of carbonyl (C=O) groups excluding carboxylic acids is 1. The highest BCUT2D eigenvalue weighted by atomic mass is 32.1. The summed E-state index contributed by atoms with van der Waals surface area (Å²) in [4.78, 5) is 24.4. The highest BCUT2D eigenvalue weighted by Crippen LogP contribution is 2.27. The van der Waals surface area contributed by atoms with E-state index in [2.05, 4.69) is 5.32 Å². The van der Waals surface area contributed by atoms with E-state index in [1.54, 1.807) is 16.2 Å². The average molecular weight is 282 g/mol. The quantitative estimate of drug-likeness (QED) is 0.842. The molecular formula is C13H18N2O3S. The first-order valence-electron chi connectivity index (χ1n) is 6.39. The van der Waals surface area contributed by atoms with E-state index in [4.69, 9.17) is 5.11 Å². The highest BCUT2D eigenvalue weighted by molar-refractivity contribution is 7.07. The molecule has 0 aliphatic heterocycles. The Morgan fingerprint density at radius 1 is 1.58 bits per heavy atom. The van der Waals surface area contributed by atoms with Gasteiger partial charge in [-0.2, -0.15) is 11.3 Å². The number of nitrogens with zero attached hydrogens (tertiary/aromatic N) is 1. The van der Waals surface area contributed by atoms with Crippen molar-refractivity contribution in [3.63, 3.8) is 0 Å². The van der Waals surface area contributed by atoms with Gasteiger partial charge in [-0.3, -0.25) is 4.79 Å². The Morgan fingerprint density at radius 2 is 2.32 bits per heavy atom. The van der Waals surface area contributed by atoms with Crippen molar-refractivity contribution in [2.24, 2.45) is 0 Å². The third-order valence-corrected chi connectivity index (χ3v) is 3.90. The summed E-state index contributed by atoms with van der Waals surface area (Å²) in [6, 6.07) is 1.98. The standard InChI is InChI=1S/C13H18N2O3S/c1-9(10-5-7-19-8-10)14-13(18)15(11-2-3-11)6-4-12(16)17/h5,7-9,11H,2-4,6H2,1H3,(H,14,18)(H,16,17). The molecule has 1 aliphatic rings. The number of hydrogen-bond donors (Lipinski definition) is 2. The number of carboxylic acid groups (broad SMARTS) is 1. The fourth-order valence-corrected chi connectivity index (χ4v) is 2.68. The minimum atomic E-state index is -0.871. The molecule has 19 heavy (non-hydrogen) atoms. The van der Waals surface area contributed by atoms with Crippen molar-refractivity contribution in [2.45, 2.75) is 38.3 Å². The zero-order chi connectivity index (χ0) is 13.8. The number of aliphatic carboxylic acids is 1. The van der Waals surface area contributed by atoms with Gasteiger partial charge in [0, 0.05) is 12.6 Å². The summed E-state index contributed by atoms with van der Waals surface area (Å²) in [5, 5.41) is 15.6. The maximum absolute atomic E-state index is 12.2. The zero-order valence-corrected chi connectivity index (χ0v) is 11.7. The van der Waals surface area contributed by atoms with Gasteiger partial charge in [-0.25, -0.2) is 4.79 Å². The number of carboxylic acids is 1. The first kappa shape index (κ1) is 13.9. The summed E-state index contributed by atoms with van der Waals surface area (Å²) in [6.45, 7) is 2.21. The van der Waals surface area contributed by atoms with Crippen molar-refractivity contribution in [1.82, 2.24) is 10.2 Å². The maximum atomic E-state index is 12.2. The van der Waals surface area contributed by atoms with Crippen LogP contribution in [0.15, 0.2) is 16.8 Å². The molecule has 2 rings (SSSR count). The van der Waals surface area contributed by atoms with Crippen LogP contribution >= 0.6 is 11.3 Å². The summed E-state index contributed by atoms with van der Waals surface area (Å²) in [5.41, 5.74) is 1.08. The molecule has 0 bridgehead atoms. The summed E-state index contributed by atoms with van der Waals surface area (Å²) >= 11 is 1.59. The number of amides is 2. The van der Waals surface area contributed by atoms with E-state index in [1.807, 2.05) is 23.8 Å². The minimum Gasteiger partial charge on any atom is -0.481 e. The van der Waals surface area contributed by atoms with Gasteiger partial charge in [-0.15, -0.1) is 0 Å². The normalized spacial score (nSPS) is 15.8. The van der Waals surface area contributed by atoms with Crippen LogP contribution in [-0.2, 0) is 4.79 Å². The van der Waals surface area contributed by atoms with E-state index >= 15 is 0 Å². The zero-order valence-electron chi connectivity index (χ0n) is 10.8. The molecule has 1 aliphatic carbocycles. The Morgan fingerprint density at radius 3 is 2.84 bits per heavy atom. The van der Waals surface area contributed by atoms with Crippen LogP contribution in [0.1, 0.15) is 37.8 Å². The second-order valence-electron chi connectivity index (χ2n) is 4.80. The largest absolute Gasteiger partial charge is 0.481 e. The fraction of sp³-hybridized carbons (Fsp3) is 0.538. The van der Waals surface area contributed by atoms with Crippen LogP contribution in [0.3, 0.4) is 0 Å². The van der Waals surface area contributed by atoms with Gasteiger partial charge in [0.1, 0.15) is 0 Å². The lowest BCUT2D eigenvalue weighted by molar-refractivity contribution is -0.137. The lowest BCUT2D eigenvalue weighted by atomic mass is 10.2. The van der Waals surface area contributed by atoms with E-state index in [-0.39, 0.29) is 31.1 Å². The SMILES string of the molecule is CC(NC(=O)N(CCC(=O)O)C1CC1)c1ccsc1. The predicted octanol–water partition coefficient (Wildman–Crippen LogP) is 2.46. The Labute approximate surface area is 116 Å². The van der Waals surface area contributed by atoms with Gasteiger partial charge in [-0.1, -0.05) is 0 Å². The smallest absolute Gasteiger partial charge is 0.318 e. The molecule has 0 aromatic carbocycles. The molecule has 1 aromatic rings. The lowest BCUT2D eigenvalue weighted by Gasteiger charge is -2.24. The minimum absolute atomic E-state index is 0.00322. The average Bonchev–Trinajstić information content (AvgIpc) is 3.03. The fourth-order valence-electron chi connectivity index (χ4n) is 1.93. The third-order valence-electron chi connectivity index (χ3n) is 3.20. The molecule has 0 radical (unpaired) electrons. The first-order chi connectivity index (χ1) is 9.08. The van der Waals surface area contributed by atoms with Gasteiger partial charge >= 0.3 is 12.0 Å². The summed E-state index contributed by atoms with van der Waals surface area (Å²) in [5.74, 6) is -0.871. The molecular weight excluding hydrogens is 264 g/mol. The number of hydrogen-bond acceptors (Lipinski definition) is 3. The van der Waals surface area contributed by atoms with Crippen molar-refractivity contribution < 1.29 is 14.7 Å². The molecule has 0 spiro atoms. The van der Waals surface area contributed by atoms with Crippen LogP contribution in [0.5, 0.6) is 0 Å². The number of carbonyl (C=O) groups is 2. The van der Waals surface area contributed by atoms with E-state index in [0.717, 1.165) is 18.4 Å². The molecule has 1 heterocycles. The molecule has 1 aromatic heterocycles. The van der Waals surface area contributed by atoms with Crippen LogP contribution in [0, 0.1) is 0 Å². The van der Waals surface area contributed by atoms with E-state index < -0.39 is 5.97 Å². The molecule has 1 unspecified atom stereocenters. The Bertz CT molecular complexity index is 443. The van der Waals surface area contributed by atoms with Gasteiger partial charge in [0.2, 0.25) is 0 Å². The van der Waals surface area contributed by atoms with Gasteiger partial charge in [0.05, 0.1) is 12.5 Å². The Hall–Kier alpha value is -1.56. The second-order valence-corrected chi connectivity index (χ2v) is 5.58. The monoisotopic (exact) mass is 282 g/mol. The molecule has 2 N–H and O–H groups in total. The van der Waals surface area contributed by atoms with E-state index in [0.29, 0.717) is 0 Å². The molecule has 1 saturated carbocycles.